The van der Waals surface area contributed by atoms with Crippen molar-refractivity contribution in [3.8, 4) is 0 Å². The number of amides is 1. The second-order valence-electron chi connectivity index (χ2n) is 4.85. The zero-order valence-electron chi connectivity index (χ0n) is 12.0. The highest BCUT2D eigenvalue weighted by molar-refractivity contribution is 9.10. The van der Waals surface area contributed by atoms with Crippen LogP contribution in [-0.2, 0) is 6.42 Å². The molecule has 0 aromatic heterocycles. The van der Waals surface area contributed by atoms with E-state index in [4.69, 9.17) is 0 Å². The molecule has 3 heteroatoms. The van der Waals surface area contributed by atoms with Crippen LogP contribution in [0.3, 0.4) is 0 Å². The summed E-state index contributed by atoms with van der Waals surface area (Å²) >= 11 is 3.49. The second-order valence-corrected chi connectivity index (χ2v) is 5.65. The number of halogens is 1. The van der Waals surface area contributed by atoms with Crippen molar-refractivity contribution in [3.63, 3.8) is 0 Å². The molecule has 0 aliphatic rings. The van der Waals surface area contributed by atoms with Crippen molar-refractivity contribution < 1.29 is 4.79 Å². The summed E-state index contributed by atoms with van der Waals surface area (Å²) in [6.07, 6.45) is 0.895. The van der Waals surface area contributed by atoms with E-state index in [9.17, 15) is 4.79 Å². The van der Waals surface area contributed by atoms with Gasteiger partial charge in [-0.05, 0) is 59.0 Å². The van der Waals surface area contributed by atoms with Gasteiger partial charge in [-0.15, -0.1) is 0 Å². The predicted molar refractivity (Wildman–Crippen MR) is 87.4 cm³/mol. The van der Waals surface area contributed by atoms with Crippen LogP contribution in [0.25, 0.3) is 0 Å². The number of aryl methyl sites for hydroxylation is 3. The van der Waals surface area contributed by atoms with Crippen LogP contribution in [0.15, 0.2) is 40.9 Å². The standard InChI is InChI=1S/C17H18BrNO/c1-4-13-9-5-8-12(3)16(13)19-17(20)14-10-6-7-11(2)15(14)18/h5-10H,4H2,1-3H3,(H,19,20). The van der Waals surface area contributed by atoms with Crippen molar-refractivity contribution in [2.24, 2.45) is 0 Å². The van der Waals surface area contributed by atoms with E-state index in [0.29, 0.717) is 5.56 Å². The van der Waals surface area contributed by atoms with Gasteiger partial charge < -0.3 is 5.32 Å². The second kappa shape index (κ2) is 6.23. The van der Waals surface area contributed by atoms with Gasteiger partial charge in [-0.1, -0.05) is 37.3 Å². The molecule has 0 spiro atoms. The number of carbonyl (C=O) groups is 1. The minimum atomic E-state index is -0.0791. The van der Waals surface area contributed by atoms with Crippen LogP contribution in [0.4, 0.5) is 5.69 Å². The molecule has 2 rings (SSSR count). The molecule has 0 bridgehead atoms. The molecule has 2 nitrogen and oxygen atoms in total. The first-order chi connectivity index (χ1) is 9.54. The molecule has 0 saturated carbocycles. The number of para-hydroxylation sites is 1. The van der Waals surface area contributed by atoms with Gasteiger partial charge in [0.2, 0.25) is 0 Å². The summed E-state index contributed by atoms with van der Waals surface area (Å²) in [5.41, 5.74) is 4.88. The van der Waals surface area contributed by atoms with Crippen LogP contribution in [-0.4, -0.2) is 5.91 Å². The molecule has 0 heterocycles. The quantitative estimate of drug-likeness (QED) is 0.853. The van der Waals surface area contributed by atoms with Crippen molar-refractivity contribution in [3.05, 3.63) is 63.1 Å². The number of rotatable bonds is 3. The smallest absolute Gasteiger partial charge is 0.256 e. The Morgan fingerprint density at radius 1 is 1.10 bits per heavy atom. The van der Waals surface area contributed by atoms with Crippen LogP contribution in [0, 0.1) is 13.8 Å². The van der Waals surface area contributed by atoms with Gasteiger partial charge >= 0.3 is 0 Å². The summed E-state index contributed by atoms with van der Waals surface area (Å²) in [5, 5.41) is 3.05. The molecule has 1 N–H and O–H groups in total. The summed E-state index contributed by atoms with van der Waals surface area (Å²) in [4.78, 5) is 12.5. The Bertz CT molecular complexity index is 649. The average Bonchev–Trinajstić information content (AvgIpc) is 2.44. The fraction of sp³-hybridized carbons (Fsp3) is 0.235. The van der Waals surface area contributed by atoms with E-state index in [1.54, 1.807) is 0 Å². The maximum Gasteiger partial charge on any atom is 0.256 e. The Kier molecular flexibility index (Phi) is 4.61. The molecule has 0 saturated heterocycles. The van der Waals surface area contributed by atoms with Gasteiger partial charge in [0.15, 0.2) is 0 Å². The molecule has 0 aliphatic carbocycles. The van der Waals surface area contributed by atoms with Gasteiger partial charge in [-0.2, -0.15) is 0 Å². The fourth-order valence-corrected chi connectivity index (χ4v) is 2.65. The maximum atomic E-state index is 12.5. The Hall–Kier alpha value is -1.61. The molecule has 0 unspecified atom stereocenters. The maximum absolute atomic E-state index is 12.5. The minimum absolute atomic E-state index is 0.0791. The van der Waals surface area contributed by atoms with Crippen molar-refractivity contribution >= 4 is 27.5 Å². The SMILES string of the molecule is CCc1cccc(C)c1NC(=O)c1cccc(C)c1Br. The lowest BCUT2D eigenvalue weighted by molar-refractivity contribution is 0.102. The number of anilines is 1. The van der Waals surface area contributed by atoms with Crippen molar-refractivity contribution in [2.75, 3.05) is 5.32 Å². The highest BCUT2D eigenvalue weighted by Crippen LogP contribution is 2.25. The van der Waals surface area contributed by atoms with E-state index < -0.39 is 0 Å². The Labute approximate surface area is 128 Å². The van der Waals surface area contributed by atoms with Gasteiger partial charge in [0.1, 0.15) is 0 Å². The van der Waals surface area contributed by atoms with Gasteiger partial charge in [0, 0.05) is 10.2 Å². The lowest BCUT2D eigenvalue weighted by Gasteiger charge is -2.14. The molecule has 0 fully saturated rings. The van der Waals surface area contributed by atoms with Gasteiger partial charge in [0.05, 0.1) is 5.56 Å². The number of hydrogen-bond donors (Lipinski definition) is 1. The van der Waals surface area contributed by atoms with E-state index in [0.717, 1.165) is 33.3 Å². The predicted octanol–water partition coefficient (Wildman–Crippen LogP) is 4.88. The minimum Gasteiger partial charge on any atom is -0.321 e. The summed E-state index contributed by atoms with van der Waals surface area (Å²) < 4.78 is 0.851. The summed E-state index contributed by atoms with van der Waals surface area (Å²) in [5.74, 6) is -0.0791. The van der Waals surface area contributed by atoms with E-state index >= 15 is 0 Å². The molecular weight excluding hydrogens is 314 g/mol. The number of benzene rings is 2. The lowest BCUT2D eigenvalue weighted by Crippen LogP contribution is -2.15. The molecule has 104 valence electrons. The normalized spacial score (nSPS) is 10.4. The third-order valence-corrected chi connectivity index (χ3v) is 4.47. The van der Waals surface area contributed by atoms with Crippen LogP contribution in [0.2, 0.25) is 0 Å². The van der Waals surface area contributed by atoms with Gasteiger partial charge in [-0.3, -0.25) is 4.79 Å². The van der Waals surface area contributed by atoms with E-state index in [1.807, 2.05) is 50.2 Å². The number of hydrogen-bond acceptors (Lipinski definition) is 1. The van der Waals surface area contributed by atoms with Crippen LogP contribution in [0.1, 0.15) is 34.0 Å². The van der Waals surface area contributed by atoms with Crippen molar-refractivity contribution in [1.29, 1.82) is 0 Å². The van der Waals surface area contributed by atoms with Crippen molar-refractivity contribution in [2.45, 2.75) is 27.2 Å². The van der Waals surface area contributed by atoms with Crippen LogP contribution in [0.5, 0.6) is 0 Å². The Morgan fingerprint density at radius 3 is 2.45 bits per heavy atom. The van der Waals surface area contributed by atoms with Gasteiger partial charge in [-0.25, -0.2) is 0 Å². The number of carbonyl (C=O) groups excluding carboxylic acids is 1. The first-order valence-electron chi connectivity index (χ1n) is 6.69. The molecular formula is C17H18BrNO. The molecule has 0 radical (unpaired) electrons. The molecule has 0 aliphatic heterocycles. The highest BCUT2D eigenvalue weighted by Gasteiger charge is 2.14. The monoisotopic (exact) mass is 331 g/mol. The zero-order valence-corrected chi connectivity index (χ0v) is 13.5. The number of nitrogens with one attached hydrogen (secondary N) is 1. The summed E-state index contributed by atoms with van der Waals surface area (Å²) in [6.45, 7) is 6.08. The Balaban J connectivity index is 2.35. The molecule has 0 atom stereocenters. The molecule has 2 aromatic rings. The highest BCUT2D eigenvalue weighted by atomic mass is 79.9. The van der Waals surface area contributed by atoms with Crippen LogP contribution < -0.4 is 5.32 Å². The van der Waals surface area contributed by atoms with E-state index in [2.05, 4.69) is 28.2 Å². The lowest BCUT2D eigenvalue weighted by atomic mass is 10.0. The van der Waals surface area contributed by atoms with Crippen molar-refractivity contribution in [1.82, 2.24) is 0 Å². The molecule has 20 heavy (non-hydrogen) atoms. The average molecular weight is 332 g/mol. The van der Waals surface area contributed by atoms with E-state index in [-0.39, 0.29) is 5.91 Å². The summed E-state index contributed by atoms with van der Waals surface area (Å²) in [6, 6.07) is 11.8. The first kappa shape index (κ1) is 14.8. The zero-order chi connectivity index (χ0) is 14.7. The topological polar surface area (TPSA) is 29.1 Å². The third kappa shape index (κ3) is 2.93. The van der Waals surface area contributed by atoms with Crippen LogP contribution >= 0.6 is 15.9 Å². The Morgan fingerprint density at radius 2 is 1.75 bits per heavy atom. The third-order valence-electron chi connectivity index (χ3n) is 3.41. The molecule has 2 aromatic carbocycles. The molecule has 1 amide bonds. The first-order valence-corrected chi connectivity index (χ1v) is 7.48. The largest absolute Gasteiger partial charge is 0.321 e. The van der Waals surface area contributed by atoms with E-state index in [1.165, 1.54) is 0 Å². The fourth-order valence-electron chi connectivity index (χ4n) is 2.21. The summed E-state index contributed by atoms with van der Waals surface area (Å²) in [7, 11) is 0. The van der Waals surface area contributed by atoms with Gasteiger partial charge in [0.25, 0.3) is 5.91 Å².